The van der Waals surface area contributed by atoms with Gasteiger partial charge in [-0.2, -0.15) is 0 Å². The molecule has 1 saturated heterocycles. The second-order valence-corrected chi connectivity index (χ2v) is 25.3. The van der Waals surface area contributed by atoms with Gasteiger partial charge >= 0.3 is 6.09 Å². The summed E-state index contributed by atoms with van der Waals surface area (Å²) in [6.07, 6.45) is -1.54. The molecule has 0 aromatic heterocycles. The summed E-state index contributed by atoms with van der Waals surface area (Å²) >= 11 is 1.45. The van der Waals surface area contributed by atoms with E-state index in [4.69, 9.17) is 14.2 Å². The molecular formula is C65H98N8O11S. The summed E-state index contributed by atoms with van der Waals surface area (Å²) < 4.78 is 18.2. The van der Waals surface area contributed by atoms with Gasteiger partial charge in [0.25, 0.3) is 0 Å². The summed E-state index contributed by atoms with van der Waals surface area (Å²) in [5.74, 6) is -2.67. The Morgan fingerprint density at radius 3 is 1.82 bits per heavy atom. The number of nitrogens with zero attached hydrogens (tertiary/aromatic N) is 4. The molecule has 0 saturated carbocycles. The Morgan fingerprint density at radius 2 is 1.27 bits per heavy atom. The predicted molar refractivity (Wildman–Crippen MR) is 333 cm³/mol. The maximum atomic E-state index is 14.8. The molecule has 1 fully saturated rings. The number of hydrogen-bond donors (Lipinski definition) is 5. The van der Waals surface area contributed by atoms with Gasteiger partial charge in [0.2, 0.25) is 35.4 Å². The van der Waals surface area contributed by atoms with Crippen LogP contribution >= 0.6 is 11.8 Å². The van der Waals surface area contributed by atoms with Crippen LogP contribution in [-0.4, -0.2) is 181 Å². The van der Waals surface area contributed by atoms with E-state index < -0.39 is 90.5 Å². The maximum Gasteiger partial charge on any atom is 0.411 e. The topological polar surface area (TPSA) is 228 Å². The lowest BCUT2D eigenvalue weighted by atomic mass is 9.89. The first-order valence-electron chi connectivity index (χ1n) is 30.2. The monoisotopic (exact) mass is 1200 g/mol. The molecule has 0 unspecified atom stereocenters. The number of hydrogen-bond acceptors (Lipinski definition) is 13. The van der Waals surface area contributed by atoms with Gasteiger partial charge < -0.3 is 50.4 Å². The molecule has 85 heavy (non-hydrogen) atoms. The molecule has 1 aliphatic carbocycles. The van der Waals surface area contributed by atoms with Gasteiger partial charge in [0, 0.05) is 58.3 Å². The second-order valence-electron chi connectivity index (χ2n) is 24.2. The van der Waals surface area contributed by atoms with Crippen molar-refractivity contribution in [2.45, 2.75) is 169 Å². The fourth-order valence-corrected chi connectivity index (χ4v) is 13.0. The lowest BCUT2D eigenvalue weighted by Crippen LogP contribution is -2.60. The van der Waals surface area contributed by atoms with Crippen molar-refractivity contribution in [3.05, 3.63) is 95.6 Å². The van der Waals surface area contributed by atoms with Gasteiger partial charge in [0.15, 0.2) is 6.10 Å². The summed E-state index contributed by atoms with van der Waals surface area (Å²) in [6.45, 7) is 21.4. The molecular weight excluding hydrogens is 1100 g/mol. The van der Waals surface area contributed by atoms with Crippen LogP contribution in [0.25, 0.3) is 11.1 Å². The minimum absolute atomic E-state index is 0.0310. The fraction of sp³-hybridized carbons (Fsp3) is 0.615. The zero-order valence-electron chi connectivity index (χ0n) is 53.1. The van der Waals surface area contributed by atoms with Crippen LogP contribution in [0.1, 0.15) is 131 Å². The Kier molecular flexibility index (Phi) is 26.7. The lowest BCUT2D eigenvalue weighted by Gasteiger charge is -2.41. The number of thioether (sulfide) groups is 1. The number of methoxy groups -OCH3 is 2. The molecule has 1 heterocycles. The molecule has 0 bridgehead atoms. The first kappa shape index (κ1) is 69.7. The average molecular weight is 1200 g/mol. The van der Waals surface area contributed by atoms with E-state index in [1.165, 1.54) is 23.7 Å². The van der Waals surface area contributed by atoms with Gasteiger partial charge in [-0.05, 0) is 74.1 Å². The molecule has 5 N–H and O–H groups in total. The van der Waals surface area contributed by atoms with E-state index in [-0.39, 0.29) is 59.6 Å². The van der Waals surface area contributed by atoms with Crippen LogP contribution in [0.2, 0.25) is 0 Å². The summed E-state index contributed by atoms with van der Waals surface area (Å²) in [7, 11) is 8.18. The number of carbonyl (C=O) groups excluding carboxylic acids is 7. The zero-order valence-corrected chi connectivity index (χ0v) is 53.9. The largest absolute Gasteiger partial charge is 0.436 e. The van der Waals surface area contributed by atoms with E-state index in [2.05, 4.69) is 21.3 Å². The van der Waals surface area contributed by atoms with Crippen LogP contribution in [-0.2, 0) is 43.0 Å². The van der Waals surface area contributed by atoms with E-state index in [1.807, 2.05) is 146 Å². The average Bonchev–Trinajstić information content (AvgIpc) is 1.98. The van der Waals surface area contributed by atoms with Crippen molar-refractivity contribution in [1.82, 2.24) is 40.9 Å². The first-order valence-corrected chi connectivity index (χ1v) is 31.4. The van der Waals surface area contributed by atoms with Crippen LogP contribution in [0.4, 0.5) is 4.79 Å². The quantitative estimate of drug-likeness (QED) is 0.0313. The van der Waals surface area contributed by atoms with Gasteiger partial charge in [-0.3, -0.25) is 38.6 Å². The highest BCUT2D eigenvalue weighted by atomic mass is 32.2. The third kappa shape index (κ3) is 17.6. The Morgan fingerprint density at radius 1 is 0.694 bits per heavy atom. The molecule has 7 amide bonds. The third-order valence-corrected chi connectivity index (χ3v) is 18.0. The van der Waals surface area contributed by atoms with Gasteiger partial charge in [0.05, 0.1) is 60.7 Å². The van der Waals surface area contributed by atoms with Crippen LogP contribution in [0.3, 0.4) is 0 Å². The highest BCUT2D eigenvalue weighted by Gasteiger charge is 2.44. The predicted octanol–water partition coefficient (Wildman–Crippen LogP) is 7.42. The zero-order chi connectivity index (χ0) is 63.0. The van der Waals surface area contributed by atoms with E-state index in [1.54, 1.807) is 51.8 Å². The van der Waals surface area contributed by atoms with E-state index in [0.29, 0.717) is 37.2 Å². The number of likely N-dealkylation sites (N-methyl/N-ethyl adjacent to an activating group) is 3. The number of fused-ring (bicyclic) bond motifs is 3. The maximum absolute atomic E-state index is 14.8. The van der Waals surface area contributed by atoms with Crippen LogP contribution in [0.15, 0.2) is 78.9 Å². The van der Waals surface area contributed by atoms with Crippen LogP contribution in [0.5, 0.6) is 0 Å². The summed E-state index contributed by atoms with van der Waals surface area (Å²) in [4.78, 5) is 105. The standard InChI is InChI=1S/C65H98N8O11S/c1-17-41(8)56(51(82-15)36-52(74)73-33-25-32-50(73)58(83-16)42(9)60(76)67-43(10)57(75)45-26-19-18-20-27-45)71(13)64(80)53(38(2)3)69-62(78)54(39(4)5)70(12)34-35-85-37-66-61(77)44(11)68-63(79)55(40(6)7)72(14)65(81)84-59-48-30-23-21-28-46(48)47-29-22-24-31-49(47)59/h18-24,26-31,38-44,50-51,53-59,75H,17,25,32-37H2,1-16H3,(H,66,77)(H,67,76)(H,68,79)(H,69,78)/t41-,42+,43+,44-,50-,51+,53-,54-,55-,56-,57+,58+/m0/s1. The van der Waals surface area contributed by atoms with Gasteiger partial charge in [0.1, 0.15) is 18.1 Å². The van der Waals surface area contributed by atoms with Crippen molar-refractivity contribution in [3.63, 3.8) is 0 Å². The molecule has 1 aliphatic heterocycles. The highest BCUT2D eigenvalue weighted by Crippen LogP contribution is 2.45. The smallest absolute Gasteiger partial charge is 0.411 e. The number of aliphatic hydroxyl groups excluding tert-OH is 1. The van der Waals surface area contributed by atoms with E-state index in [9.17, 15) is 38.7 Å². The number of benzene rings is 3. The van der Waals surface area contributed by atoms with Crippen molar-refractivity contribution in [3.8, 4) is 11.1 Å². The summed E-state index contributed by atoms with van der Waals surface area (Å²) in [5, 5.41) is 22.7. The van der Waals surface area contributed by atoms with Crippen LogP contribution < -0.4 is 21.3 Å². The number of rotatable bonds is 31. The van der Waals surface area contributed by atoms with Crippen molar-refractivity contribution in [2.75, 3.05) is 60.1 Å². The Bertz CT molecular complexity index is 2650. The molecule has 0 radical (unpaired) electrons. The molecule has 0 spiro atoms. The first-order chi connectivity index (χ1) is 40.3. The highest BCUT2D eigenvalue weighted by molar-refractivity contribution is 7.99. The van der Waals surface area contributed by atoms with Gasteiger partial charge in [-0.25, -0.2) is 4.79 Å². The second kappa shape index (κ2) is 32.6. The fourth-order valence-electron chi connectivity index (χ4n) is 12.2. The minimum Gasteiger partial charge on any atom is -0.436 e. The number of ether oxygens (including phenoxy) is 3. The third-order valence-electron chi connectivity index (χ3n) is 17.1. The lowest BCUT2D eigenvalue weighted by molar-refractivity contribution is -0.148. The normalized spacial score (nSPS) is 18.0. The summed E-state index contributed by atoms with van der Waals surface area (Å²) in [5.41, 5.74) is 4.42. The van der Waals surface area contributed by atoms with Crippen molar-refractivity contribution >= 4 is 53.3 Å². The molecule has 2 aliphatic rings. The number of aliphatic hydroxyl groups is 1. The molecule has 470 valence electrons. The molecule has 20 heteroatoms. The number of nitrogens with one attached hydrogen (secondary N) is 4. The van der Waals surface area contributed by atoms with Gasteiger partial charge in [-0.15, -0.1) is 11.8 Å². The Hall–Kier alpha value is -6.06. The molecule has 5 rings (SSSR count). The molecule has 3 aromatic carbocycles. The van der Waals surface area contributed by atoms with Gasteiger partial charge in [-0.1, -0.05) is 148 Å². The Balaban J connectivity index is 1.13. The Labute approximate surface area is 509 Å². The number of likely N-dealkylation sites (tertiary alicyclic amines) is 1. The molecule has 3 aromatic rings. The van der Waals surface area contributed by atoms with Crippen LogP contribution in [0, 0.1) is 29.6 Å². The van der Waals surface area contributed by atoms with Crippen molar-refractivity contribution in [2.24, 2.45) is 29.6 Å². The summed E-state index contributed by atoms with van der Waals surface area (Å²) in [6, 6.07) is 19.9. The van der Waals surface area contributed by atoms with E-state index >= 15 is 0 Å². The SMILES string of the molecule is CC[C@H](C)[C@@H]([C@@H](CC(=O)N1CCC[C@H]1[C@H](OC)[C@@H](C)C(=O)N[C@H](C)[C@@H](O)c1ccccc1)OC)N(C)C(=O)[C@@H](NC(=O)[C@H](C(C)C)N(C)CCSCNC(=O)[C@H](C)NC(=O)[C@H](C(C)C)N(C)C(=O)OC1c2ccccc2-c2ccccc21)C(C)C. The van der Waals surface area contributed by atoms with E-state index in [0.717, 1.165) is 28.7 Å². The van der Waals surface area contributed by atoms with Crippen molar-refractivity contribution < 1.29 is 52.9 Å². The minimum atomic E-state index is -0.921. The number of carbonyl (C=O) groups is 7. The molecule has 12 atom stereocenters. The number of amides is 7. The van der Waals surface area contributed by atoms with Crippen molar-refractivity contribution in [1.29, 1.82) is 0 Å². The molecule has 19 nitrogen and oxygen atoms in total.